The molecule has 0 atom stereocenters. The predicted molar refractivity (Wildman–Crippen MR) is 62.0 cm³/mol. The van der Waals surface area contributed by atoms with Gasteiger partial charge < -0.3 is 15.4 Å². The van der Waals surface area contributed by atoms with Crippen LogP contribution in [0.2, 0.25) is 0 Å². The fourth-order valence-corrected chi connectivity index (χ4v) is 1.64. The third kappa shape index (κ3) is 2.46. The molecule has 1 aromatic heterocycles. The van der Waals surface area contributed by atoms with Crippen LogP contribution in [-0.4, -0.2) is 27.6 Å². The van der Waals surface area contributed by atoms with Gasteiger partial charge in [-0.25, -0.2) is 4.98 Å². The lowest BCUT2D eigenvalue weighted by Crippen LogP contribution is -2.25. The molecule has 0 spiro atoms. The Balaban J connectivity index is 2.07. The smallest absolute Gasteiger partial charge is 0.311 e. The Morgan fingerprint density at radius 1 is 1.65 bits per heavy atom. The summed E-state index contributed by atoms with van der Waals surface area (Å²) < 4.78 is 0. The molecule has 0 bridgehead atoms. The van der Waals surface area contributed by atoms with Gasteiger partial charge in [0.05, 0.1) is 5.41 Å². The van der Waals surface area contributed by atoms with E-state index in [4.69, 9.17) is 5.11 Å². The van der Waals surface area contributed by atoms with Crippen LogP contribution in [0.4, 0.5) is 5.82 Å². The molecular weight excluding hydrogens is 222 g/mol. The zero-order chi connectivity index (χ0) is 12.5. The van der Waals surface area contributed by atoms with Crippen LogP contribution in [0.3, 0.4) is 0 Å². The minimum atomic E-state index is -0.787. The lowest BCUT2D eigenvalue weighted by Gasteiger charge is -2.11. The normalized spacial score (nSPS) is 16.5. The number of hydrogen-bond acceptors (Lipinski definition) is 4. The highest BCUT2D eigenvalue weighted by atomic mass is 16.4. The third-order valence-corrected chi connectivity index (χ3v) is 3.04. The van der Waals surface area contributed by atoms with E-state index in [2.05, 4.69) is 15.3 Å². The van der Waals surface area contributed by atoms with Crippen LogP contribution in [0.15, 0.2) is 10.9 Å². The summed E-state index contributed by atoms with van der Waals surface area (Å²) in [6, 6.07) is 1.34. The molecule has 0 radical (unpaired) electrons. The molecule has 1 saturated carbocycles. The summed E-state index contributed by atoms with van der Waals surface area (Å²) in [7, 11) is 0. The predicted octanol–water partition coefficient (Wildman–Crippen LogP) is 0.609. The van der Waals surface area contributed by atoms with Crippen LogP contribution in [0.5, 0.6) is 0 Å². The average Bonchev–Trinajstić information content (AvgIpc) is 3.06. The molecule has 1 aliphatic rings. The van der Waals surface area contributed by atoms with Crippen LogP contribution in [0, 0.1) is 5.41 Å². The molecule has 92 valence electrons. The molecule has 1 heterocycles. The van der Waals surface area contributed by atoms with Crippen LogP contribution < -0.4 is 10.9 Å². The second-order valence-electron chi connectivity index (χ2n) is 4.37. The van der Waals surface area contributed by atoms with E-state index in [1.807, 2.05) is 6.92 Å². The molecule has 6 nitrogen and oxygen atoms in total. The van der Waals surface area contributed by atoms with E-state index in [9.17, 15) is 9.59 Å². The Bertz CT molecular complexity index is 491. The van der Waals surface area contributed by atoms with Crippen molar-refractivity contribution in [3.8, 4) is 0 Å². The minimum Gasteiger partial charge on any atom is -0.481 e. The van der Waals surface area contributed by atoms with Gasteiger partial charge >= 0.3 is 5.97 Å². The molecule has 0 aliphatic heterocycles. The zero-order valence-corrected chi connectivity index (χ0v) is 9.62. The van der Waals surface area contributed by atoms with Gasteiger partial charge in [0, 0.05) is 19.0 Å². The number of nitrogens with zero attached hydrogens (tertiary/aromatic N) is 1. The number of H-pyrrole nitrogens is 1. The summed E-state index contributed by atoms with van der Waals surface area (Å²) >= 11 is 0. The van der Waals surface area contributed by atoms with E-state index in [0.717, 1.165) is 0 Å². The van der Waals surface area contributed by atoms with Gasteiger partial charge in [0.25, 0.3) is 5.56 Å². The van der Waals surface area contributed by atoms with Gasteiger partial charge in [-0.2, -0.15) is 0 Å². The first-order valence-corrected chi connectivity index (χ1v) is 5.63. The second kappa shape index (κ2) is 4.20. The maximum absolute atomic E-state index is 11.3. The van der Waals surface area contributed by atoms with E-state index in [-0.39, 0.29) is 5.56 Å². The summed E-state index contributed by atoms with van der Waals surface area (Å²) in [4.78, 5) is 29.1. The summed E-state index contributed by atoms with van der Waals surface area (Å²) in [6.07, 6.45) is 1.99. The highest BCUT2D eigenvalue weighted by Crippen LogP contribution is 2.45. The zero-order valence-electron chi connectivity index (χ0n) is 9.62. The van der Waals surface area contributed by atoms with Gasteiger partial charge in [-0.1, -0.05) is 6.92 Å². The molecule has 0 aromatic carbocycles. The largest absolute Gasteiger partial charge is 0.481 e. The van der Waals surface area contributed by atoms with E-state index in [1.165, 1.54) is 6.07 Å². The van der Waals surface area contributed by atoms with Crippen molar-refractivity contribution < 1.29 is 9.90 Å². The van der Waals surface area contributed by atoms with E-state index >= 15 is 0 Å². The fourth-order valence-electron chi connectivity index (χ4n) is 1.64. The van der Waals surface area contributed by atoms with Crippen molar-refractivity contribution in [2.75, 3.05) is 11.9 Å². The van der Waals surface area contributed by atoms with Crippen LogP contribution in [-0.2, 0) is 11.2 Å². The number of carbonyl (C=O) groups is 1. The SMILES string of the molecule is CCc1nc(NCC2(C(=O)O)CC2)cc(=O)[nH]1. The van der Waals surface area contributed by atoms with E-state index in [1.54, 1.807) is 0 Å². The highest BCUT2D eigenvalue weighted by molar-refractivity contribution is 5.78. The van der Waals surface area contributed by atoms with Gasteiger partial charge in [-0.3, -0.25) is 9.59 Å². The second-order valence-corrected chi connectivity index (χ2v) is 4.37. The number of aliphatic carboxylic acids is 1. The maximum Gasteiger partial charge on any atom is 0.311 e. The monoisotopic (exact) mass is 237 g/mol. The lowest BCUT2D eigenvalue weighted by molar-refractivity contribution is -0.142. The van der Waals surface area contributed by atoms with Crippen LogP contribution in [0.25, 0.3) is 0 Å². The van der Waals surface area contributed by atoms with E-state index < -0.39 is 11.4 Å². The number of aromatic nitrogens is 2. The number of nitrogens with one attached hydrogen (secondary N) is 2. The Hall–Kier alpha value is -1.85. The van der Waals surface area contributed by atoms with Gasteiger partial charge in [-0.05, 0) is 12.8 Å². The number of aromatic amines is 1. The number of carboxylic acids is 1. The molecule has 0 saturated heterocycles. The Kier molecular flexibility index (Phi) is 2.87. The van der Waals surface area contributed by atoms with Crippen LogP contribution >= 0.6 is 0 Å². The molecule has 1 aliphatic carbocycles. The Labute approximate surface area is 98.1 Å². The van der Waals surface area contributed by atoms with Gasteiger partial charge in [0.15, 0.2) is 0 Å². The van der Waals surface area contributed by atoms with Crippen LogP contribution in [0.1, 0.15) is 25.6 Å². The summed E-state index contributed by atoms with van der Waals surface area (Å²) in [6.45, 7) is 2.21. The highest BCUT2D eigenvalue weighted by Gasteiger charge is 2.50. The van der Waals surface area contributed by atoms with Crippen molar-refractivity contribution in [1.29, 1.82) is 0 Å². The molecule has 3 N–H and O–H groups in total. The topological polar surface area (TPSA) is 95.1 Å². The quantitative estimate of drug-likeness (QED) is 0.697. The molecule has 6 heteroatoms. The summed E-state index contributed by atoms with van der Waals surface area (Å²) in [5.74, 6) is 0.254. The first-order valence-electron chi connectivity index (χ1n) is 5.63. The Morgan fingerprint density at radius 3 is 2.88 bits per heavy atom. The van der Waals surface area contributed by atoms with Crippen molar-refractivity contribution >= 4 is 11.8 Å². The first-order chi connectivity index (χ1) is 8.05. The molecule has 0 amide bonds. The van der Waals surface area contributed by atoms with Gasteiger partial charge in [0.1, 0.15) is 11.6 Å². The summed E-state index contributed by atoms with van der Waals surface area (Å²) in [5, 5.41) is 11.9. The van der Waals surface area contributed by atoms with Crippen molar-refractivity contribution in [3.05, 3.63) is 22.2 Å². The fraction of sp³-hybridized carbons (Fsp3) is 0.545. The van der Waals surface area contributed by atoms with Crippen molar-refractivity contribution in [2.24, 2.45) is 5.41 Å². The number of hydrogen-bond donors (Lipinski definition) is 3. The number of carboxylic acid groups (broad SMARTS) is 1. The van der Waals surface area contributed by atoms with Gasteiger partial charge in [-0.15, -0.1) is 0 Å². The number of anilines is 1. The number of rotatable bonds is 5. The van der Waals surface area contributed by atoms with Crippen molar-refractivity contribution in [2.45, 2.75) is 26.2 Å². The minimum absolute atomic E-state index is 0.223. The summed E-state index contributed by atoms with van der Waals surface area (Å²) in [5.41, 5.74) is -0.879. The molecule has 0 unspecified atom stereocenters. The first kappa shape index (κ1) is 11.6. The average molecular weight is 237 g/mol. The molecule has 1 aromatic rings. The lowest BCUT2D eigenvalue weighted by atomic mass is 10.1. The maximum atomic E-state index is 11.3. The molecule has 2 rings (SSSR count). The van der Waals surface area contributed by atoms with E-state index in [0.29, 0.717) is 37.4 Å². The molecule has 17 heavy (non-hydrogen) atoms. The number of aryl methyl sites for hydroxylation is 1. The van der Waals surface area contributed by atoms with Gasteiger partial charge in [0.2, 0.25) is 0 Å². The standard InChI is InChI=1S/C11H15N3O3/c1-2-7-13-8(5-9(15)14-7)12-6-11(3-4-11)10(16)17/h5H,2-4,6H2,1H3,(H,16,17)(H2,12,13,14,15). The van der Waals surface area contributed by atoms with Crippen molar-refractivity contribution in [3.63, 3.8) is 0 Å². The third-order valence-electron chi connectivity index (χ3n) is 3.04. The van der Waals surface area contributed by atoms with Crippen molar-refractivity contribution in [1.82, 2.24) is 9.97 Å². The Morgan fingerprint density at radius 2 is 2.35 bits per heavy atom. The molecular formula is C11H15N3O3. The molecule has 1 fully saturated rings.